The van der Waals surface area contributed by atoms with Crippen LogP contribution in [0.4, 0.5) is 4.39 Å². The molecule has 0 spiro atoms. The monoisotopic (exact) mass is 390 g/mol. The largest absolute Gasteiger partial charge is 0.348 e. The first-order valence-corrected chi connectivity index (χ1v) is 10.1. The van der Waals surface area contributed by atoms with E-state index < -0.39 is 27.1 Å². The van der Waals surface area contributed by atoms with E-state index in [1.807, 2.05) is 0 Å². The lowest BCUT2D eigenvalue weighted by atomic mass is 9.95. The fourth-order valence-corrected chi connectivity index (χ4v) is 4.04. The molecule has 0 saturated heterocycles. The quantitative estimate of drug-likeness (QED) is 0.817. The molecule has 0 bridgehead atoms. The Labute approximate surface area is 156 Å². The highest BCUT2D eigenvalue weighted by atomic mass is 32.2. The molecule has 0 aliphatic heterocycles. The average Bonchev–Trinajstić information content (AvgIpc) is 2.64. The Morgan fingerprint density at radius 3 is 2.78 bits per heavy atom. The number of rotatable bonds is 5. The van der Waals surface area contributed by atoms with Crippen LogP contribution in [-0.2, 0) is 22.7 Å². The van der Waals surface area contributed by atoms with Crippen molar-refractivity contribution in [1.82, 2.24) is 10.3 Å². The fourth-order valence-electron chi connectivity index (χ4n) is 2.99. The van der Waals surface area contributed by atoms with Gasteiger partial charge in [0.05, 0.1) is 4.90 Å². The number of H-pyrrole nitrogens is 1. The summed E-state index contributed by atoms with van der Waals surface area (Å²) in [6.45, 7) is -0.0795. The van der Waals surface area contributed by atoms with E-state index in [2.05, 4.69) is 10.3 Å². The molecule has 1 aromatic carbocycles. The number of carbonyl (C=O) groups excluding carboxylic acids is 1. The number of aryl methyl sites for hydroxylation is 2. The molecule has 1 aliphatic rings. The lowest BCUT2D eigenvalue weighted by molar-refractivity contribution is 0.0956. The van der Waals surface area contributed by atoms with Gasteiger partial charge in [0, 0.05) is 17.6 Å². The molecular weight excluding hydrogens is 371 g/mol. The molecule has 0 atom stereocenters. The second kappa shape index (κ2) is 7.87. The van der Waals surface area contributed by atoms with Crippen LogP contribution in [0.25, 0.3) is 0 Å². The van der Waals surface area contributed by atoms with Gasteiger partial charge in [-0.15, -0.1) is 0 Å². The van der Waals surface area contributed by atoms with Gasteiger partial charge in [0.1, 0.15) is 11.4 Å². The van der Waals surface area contributed by atoms with E-state index in [0.29, 0.717) is 0 Å². The molecule has 27 heavy (non-hydrogen) atoms. The van der Waals surface area contributed by atoms with Gasteiger partial charge in [-0.25, -0.2) is 12.8 Å². The number of aromatic amines is 1. The number of aromatic nitrogens is 1. The first-order chi connectivity index (χ1) is 12.9. The van der Waals surface area contributed by atoms with Gasteiger partial charge in [-0.05, 0) is 55.5 Å². The summed E-state index contributed by atoms with van der Waals surface area (Å²) >= 11 is 0. The van der Waals surface area contributed by atoms with E-state index in [1.54, 1.807) is 6.07 Å². The summed E-state index contributed by atoms with van der Waals surface area (Å²) < 4.78 is 37.3. The summed E-state index contributed by atoms with van der Waals surface area (Å²) in [4.78, 5) is 26.9. The SMILES string of the molecule is O=C(NC/C=C/S(=O)(=O)c1cccc(F)c1)c1cc2c([nH]c1=O)CCCC2. The minimum absolute atomic E-state index is 0.0111. The molecule has 0 unspecified atom stereocenters. The zero-order valence-electron chi connectivity index (χ0n) is 14.5. The van der Waals surface area contributed by atoms with Crippen molar-refractivity contribution >= 4 is 15.7 Å². The molecule has 2 N–H and O–H groups in total. The van der Waals surface area contributed by atoms with Crippen LogP contribution < -0.4 is 10.9 Å². The molecular formula is C19H19FN2O4S. The minimum Gasteiger partial charge on any atom is -0.348 e. The summed E-state index contributed by atoms with van der Waals surface area (Å²) in [6, 6.07) is 6.27. The van der Waals surface area contributed by atoms with Crippen LogP contribution in [-0.4, -0.2) is 25.9 Å². The first kappa shape index (κ1) is 19.0. The maximum absolute atomic E-state index is 13.2. The van der Waals surface area contributed by atoms with Gasteiger partial charge in [-0.1, -0.05) is 12.1 Å². The Kier molecular flexibility index (Phi) is 5.55. The van der Waals surface area contributed by atoms with E-state index in [0.717, 1.165) is 54.5 Å². The number of nitrogens with one attached hydrogen (secondary N) is 2. The third kappa shape index (κ3) is 4.51. The normalized spacial score (nSPS) is 14.1. The number of sulfone groups is 1. The van der Waals surface area contributed by atoms with Gasteiger partial charge in [0.2, 0.25) is 0 Å². The highest BCUT2D eigenvalue weighted by Crippen LogP contribution is 2.18. The fraction of sp³-hybridized carbons (Fsp3) is 0.263. The van der Waals surface area contributed by atoms with Gasteiger partial charge >= 0.3 is 0 Å². The first-order valence-electron chi connectivity index (χ1n) is 8.57. The second-order valence-corrected chi connectivity index (χ2v) is 8.14. The smallest absolute Gasteiger partial charge is 0.261 e. The molecule has 3 rings (SSSR count). The zero-order valence-corrected chi connectivity index (χ0v) is 15.3. The summed E-state index contributed by atoms with van der Waals surface area (Å²) in [5.41, 5.74) is 1.40. The second-order valence-electron chi connectivity index (χ2n) is 6.31. The Morgan fingerprint density at radius 2 is 2.00 bits per heavy atom. The van der Waals surface area contributed by atoms with Crippen molar-refractivity contribution in [1.29, 1.82) is 0 Å². The van der Waals surface area contributed by atoms with Crippen LogP contribution in [0.1, 0.15) is 34.5 Å². The van der Waals surface area contributed by atoms with E-state index >= 15 is 0 Å². The number of benzene rings is 1. The van der Waals surface area contributed by atoms with Crippen molar-refractivity contribution in [3.05, 3.63) is 74.8 Å². The number of pyridine rings is 1. The van der Waals surface area contributed by atoms with Crippen LogP contribution in [0.3, 0.4) is 0 Å². The summed E-state index contributed by atoms with van der Waals surface area (Å²) in [5.74, 6) is -1.22. The molecule has 6 nitrogen and oxygen atoms in total. The number of hydrogen-bond acceptors (Lipinski definition) is 4. The van der Waals surface area contributed by atoms with Crippen LogP contribution >= 0.6 is 0 Å². The van der Waals surface area contributed by atoms with Crippen LogP contribution in [0.5, 0.6) is 0 Å². The van der Waals surface area contributed by atoms with Crippen LogP contribution in [0.2, 0.25) is 0 Å². The lowest BCUT2D eigenvalue weighted by Crippen LogP contribution is -2.31. The van der Waals surface area contributed by atoms with Crippen LogP contribution in [0, 0.1) is 5.82 Å². The van der Waals surface area contributed by atoms with Gasteiger partial charge in [-0.2, -0.15) is 0 Å². The minimum atomic E-state index is -3.81. The summed E-state index contributed by atoms with van der Waals surface area (Å²) in [6.07, 6.45) is 4.88. The number of amides is 1. The molecule has 1 aliphatic carbocycles. The summed E-state index contributed by atoms with van der Waals surface area (Å²) in [7, 11) is -3.81. The molecule has 142 valence electrons. The highest BCUT2D eigenvalue weighted by Gasteiger charge is 2.16. The van der Waals surface area contributed by atoms with Crippen molar-refractivity contribution in [3.8, 4) is 0 Å². The third-order valence-corrected chi connectivity index (χ3v) is 5.82. The number of halogens is 1. The molecule has 0 radical (unpaired) electrons. The molecule has 1 heterocycles. The van der Waals surface area contributed by atoms with Gasteiger partial charge in [0.25, 0.3) is 11.5 Å². The number of hydrogen-bond donors (Lipinski definition) is 2. The zero-order chi connectivity index (χ0) is 19.4. The van der Waals surface area contributed by atoms with Crippen LogP contribution in [0.15, 0.2) is 51.5 Å². The van der Waals surface area contributed by atoms with Crippen molar-refractivity contribution in [3.63, 3.8) is 0 Å². The van der Waals surface area contributed by atoms with Crippen molar-refractivity contribution in [2.45, 2.75) is 30.6 Å². The molecule has 8 heteroatoms. The predicted molar refractivity (Wildman–Crippen MR) is 98.8 cm³/mol. The standard InChI is InChI=1S/C19H19FN2O4S/c20-14-6-3-7-15(12-14)27(25,26)10-4-9-21-18(23)16-11-13-5-1-2-8-17(13)22-19(16)24/h3-4,6-7,10-12H,1-2,5,8-9H2,(H,21,23)(H,22,24)/b10-4+. The van der Waals surface area contributed by atoms with E-state index in [9.17, 15) is 22.4 Å². The van der Waals surface area contributed by atoms with E-state index in [-0.39, 0.29) is 17.0 Å². The summed E-state index contributed by atoms with van der Waals surface area (Å²) in [5, 5.41) is 3.40. The topological polar surface area (TPSA) is 96.1 Å². The number of carbonyl (C=O) groups is 1. The maximum Gasteiger partial charge on any atom is 0.261 e. The number of fused-ring (bicyclic) bond motifs is 1. The Hall–Kier alpha value is -2.74. The lowest BCUT2D eigenvalue weighted by Gasteiger charge is -2.15. The molecule has 2 aromatic rings. The van der Waals surface area contributed by atoms with Crippen molar-refractivity contribution < 1.29 is 17.6 Å². The predicted octanol–water partition coefficient (Wildman–Crippen LogP) is 2.11. The van der Waals surface area contributed by atoms with E-state index in [1.165, 1.54) is 18.2 Å². The molecule has 0 saturated carbocycles. The Bertz CT molecular complexity index is 1060. The van der Waals surface area contributed by atoms with E-state index in [4.69, 9.17) is 0 Å². The maximum atomic E-state index is 13.2. The average molecular weight is 390 g/mol. The third-order valence-electron chi connectivity index (χ3n) is 4.36. The van der Waals surface area contributed by atoms with Crippen molar-refractivity contribution in [2.75, 3.05) is 6.54 Å². The molecule has 1 amide bonds. The van der Waals surface area contributed by atoms with Gasteiger partial charge < -0.3 is 10.3 Å². The molecule has 0 fully saturated rings. The van der Waals surface area contributed by atoms with Crippen molar-refractivity contribution in [2.24, 2.45) is 0 Å². The highest BCUT2D eigenvalue weighted by molar-refractivity contribution is 7.94. The Balaban J connectivity index is 1.66. The molecule has 1 aromatic heterocycles. The van der Waals surface area contributed by atoms with Gasteiger partial charge in [0.15, 0.2) is 9.84 Å². The van der Waals surface area contributed by atoms with Gasteiger partial charge in [-0.3, -0.25) is 9.59 Å². The Morgan fingerprint density at radius 1 is 1.22 bits per heavy atom.